The molecule has 0 heterocycles. The molecule has 1 rings (SSSR count). The second-order valence-corrected chi connectivity index (χ2v) is 4.63. The van der Waals surface area contributed by atoms with Crippen LogP contribution < -0.4 is 4.90 Å². The summed E-state index contributed by atoms with van der Waals surface area (Å²) in [7, 11) is 1.62. The normalized spacial score (nSPS) is 12.8. The van der Waals surface area contributed by atoms with Gasteiger partial charge in [0, 0.05) is 25.3 Å². The summed E-state index contributed by atoms with van der Waals surface area (Å²) in [4.78, 5) is 1.92. The van der Waals surface area contributed by atoms with Crippen LogP contribution in [0, 0.1) is 5.82 Å². The van der Waals surface area contributed by atoms with Crippen molar-refractivity contribution in [1.29, 1.82) is 0 Å². The number of aliphatic hydroxyl groups excluding tert-OH is 1. The van der Waals surface area contributed by atoms with Crippen LogP contribution in [0.3, 0.4) is 0 Å². The fraction of sp³-hybridized carbons (Fsp3) is 0.571. The molecule has 0 radical (unpaired) electrons. The molecule has 1 atom stereocenters. The highest BCUT2D eigenvalue weighted by Gasteiger charge is 2.20. The topological polar surface area (TPSA) is 32.7 Å². The molecule has 0 aliphatic rings. The van der Waals surface area contributed by atoms with E-state index in [9.17, 15) is 9.50 Å². The zero-order valence-corrected chi connectivity index (χ0v) is 11.5. The summed E-state index contributed by atoms with van der Waals surface area (Å²) >= 11 is 0. The minimum absolute atomic E-state index is 0.134. The van der Waals surface area contributed by atoms with Gasteiger partial charge in [-0.1, -0.05) is 12.1 Å². The van der Waals surface area contributed by atoms with Crippen molar-refractivity contribution in [3.8, 4) is 0 Å². The molecule has 0 saturated carbocycles. The number of para-hydroxylation sites is 1. The predicted molar refractivity (Wildman–Crippen MR) is 71.4 cm³/mol. The first-order valence-corrected chi connectivity index (χ1v) is 6.21. The lowest BCUT2D eigenvalue weighted by molar-refractivity contribution is 0.196. The second-order valence-electron chi connectivity index (χ2n) is 4.63. The van der Waals surface area contributed by atoms with Crippen molar-refractivity contribution in [3.05, 3.63) is 29.6 Å². The fourth-order valence-electron chi connectivity index (χ4n) is 1.99. The number of anilines is 1. The van der Waals surface area contributed by atoms with Crippen LogP contribution in [0.5, 0.6) is 0 Å². The number of hydrogen-bond acceptors (Lipinski definition) is 3. The Morgan fingerprint density at radius 3 is 2.50 bits per heavy atom. The molecule has 0 amide bonds. The van der Waals surface area contributed by atoms with E-state index in [1.807, 2.05) is 18.7 Å². The van der Waals surface area contributed by atoms with Crippen LogP contribution in [-0.4, -0.2) is 31.4 Å². The van der Waals surface area contributed by atoms with Gasteiger partial charge in [-0.25, -0.2) is 4.39 Å². The van der Waals surface area contributed by atoms with E-state index in [1.165, 1.54) is 6.07 Å². The Labute approximate surface area is 108 Å². The Morgan fingerprint density at radius 1 is 1.33 bits per heavy atom. The van der Waals surface area contributed by atoms with Gasteiger partial charge in [0.05, 0.1) is 18.4 Å². The van der Waals surface area contributed by atoms with E-state index in [4.69, 9.17) is 4.74 Å². The zero-order chi connectivity index (χ0) is 13.7. The molecule has 3 nitrogen and oxygen atoms in total. The van der Waals surface area contributed by atoms with Gasteiger partial charge in [-0.3, -0.25) is 0 Å². The number of rotatable bonds is 6. The lowest BCUT2D eigenvalue weighted by Crippen LogP contribution is -2.35. The summed E-state index contributed by atoms with van der Waals surface area (Å²) in [5.74, 6) is -0.307. The smallest absolute Gasteiger partial charge is 0.146 e. The first-order valence-electron chi connectivity index (χ1n) is 6.21. The van der Waals surface area contributed by atoms with Crippen molar-refractivity contribution in [2.45, 2.75) is 32.9 Å². The summed E-state index contributed by atoms with van der Waals surface area (Å²) in [6.45, 7) is 6.75. The van der Waals surface area contributed by atoms with Crippen LogP contribution in [0.25, 0.3) is 0 Å². The molecule has 1 aromatic carbocycles. The van der Waals surface area contributed by atoms with Crippen molar-refractivity contribution in [2.24, 2.45) is 0 Å². The van der Waals surface area contributed by atoms with E-state index in [1.54, 1.807) is 26.2 Å². The quantitative estimate of drug-likeness (QED) is 0.848. The number of ether oxygens (including phenoxy) is 1. The molecule has 18 heavy (non-hydrogen) atoms. The zero-order valence-electron chi connectivity index (χ0n) is 11.5. The van der Waals surface area contributed by atoms with Crippen LogP contribution in [-0.2, 0) is 4.74 Å². The Kier molecular flexibility index (Phi) is 5.56. The maximum atomic E-state index is 14.1. The number of methoxy groups -OCH3 is 1. The van der Waals surface area contributed by atoms with E-state index in [-0.39, 0.29) is 11.9 Å². The van der Waals surface area contributed by atoms with Crippen molar-refractivity contribution >= 4 is 5.69 Å². The monoisotopic (exact) mass is 255 g/mol. The number of aliphatic hydroxyl groups is 1. The lowest BCUT2D eigenvalue weighted by Gasteiger charge is -2.31. The third-order valence-electron chi connectivity index (χ3n) is 2.91. The predicted octanol–water partition coefficient (Wildman–Crippen LogP) is 2.74. The summed E-state index contributed by atoms with van der Waals surface area (Å²) in [6.07, 6.45) is -0.695. The molecule has 4 heteroatoms. The van der Waals surface area contributed by atoms with Gasteiger partial charge in [0.1, 0.15) is 5.82 Å². The van der Waals surface area contributed by atoms with Crippen LogP contribution >= 0.6 is 0 Å². The van der Waals surface area contributed by atoms with E-state index < -0.39 is 6.10 Å². The minimum atomic E-state index is -0.695. The minimum Gasteiger partial charge on any atom is -0.389 e. The van der Waals surface area contributed by atoms with E-state index in [0.717, 1.165) is 0 Å². The van der Waals surface area contributed by atoms with Gasteiger partial charge in [0.15, 0.2) is 0 Å². The summed E-state index contributed by atoms with van der Waals surface area (Å²) in [6, 6.07) is 4.93. The summed E-state index contributed by atoms with van der Waals surface area (Å²) < 4.78 is 19.1. The average molecular weight is 255 g/mol. The molecular weight excluding hydrogens is 233 g/mol. The summed E-state index contributed by atoms with van der Waals surface area (Å²) in [5.41, 5.74) is 1.08. The molecule has 0 aliphatic heterocycles. The number of nitrogens with zero attached hydrogens (tertiary/aromatic N) is 1. The highest BCUT2D eigenvalue weighted by Crippen LogP contribution is 2.30. The first kappa shape index (κ1) is 14.9. The molecular formula is C14H22FNO2. The van der Waals surface area contributed by atoms with Crippen LogP contribution in [0.1, 0.15) is 32.4 Å². The average Bonchev–Trinajstić information content (AvgIpc) is 2.30. The molecule has 0 spiro atoms. The summed E-state index contributed by atoms with van der Waals surface area (Å²) in [5, 5.41) is 9.76. The molecule has 102 valence electrons. The standard InChI is InChI=1S/C14H22FNO2/c1-10(2)16(8-9-18-4)14-12(11(3)17)6-5-7-13(14)15/h5-7,10-11,17H,8-9H2,1-4H3. The van der Waals surface area contributed by atoms with Gasteiger partial charge < -0.3 is 14.7 Å². The Morgan fingerprint density at radius 2 is 2.00 bits per heavy atom. The SMILES string of the molecule is COCCN(c1c(F)cccc1C(C)O)C(C)C. The Hall–Kier alpha value is -1.13. The highest BCUT2D eigenvalue weighted by atomic mass is 19.1. The number of hydrogen-bond donors (Lipinski definition) is 1. The van der Waals surface area contributed by atoms with Crippen LogP contribution in [0.2, 0.25) is 0 Å². The Bertz CT molecular complexity index is 380. The van der Waals surface area contributed by atoms with Crippen molar-refractivity contribution in [2.75, 3.05) is 25.2 Å². The van der Waals surface area contributed by atoms with Gasteiger partial charge in [0.25, 0.3) is 0 Å². The van der Waals surface area contributed by atoms with E-state index >= 15 is 0 Å². The molecule has 0 saturated heterocycles. The highest BCUT2D eigenvalue weighted by molar-refractivity contribution is 5.56. The molecule has 1 unspecified atom stereocenters. The third kappa shape index (κ3) is 3.43. The lowest BCUT2D eigenvalue weighted by atomic mass is 10.1. The van der Waals surface area contributed by atoms with Gasteiger partial charge in [-0.15, -0.1) is 0 Å². The second kappa shape index (κ2) is 6.71. The number of halogens is 1. The van der Waals surface area contributed by atoms with Gasteiger partial charge in [0.2, 0.25) is 0 Å². The first-order chi connectivity index (χ1) is 8.49. The Balaban J connectivity index is 3.17. The van der Waals surface area contributed by atoms with Crippen LogP contribution in [0.15, 0.2) is 18.2 Å². The molecule has 1 N–H and O–H groups in total. The van der Waals surface area contributed by atoms with E-state index in [2.05, 4.69) is 0 Å². The maximum Gasteiger partial charge on any atom is 0.146 e. The van der Waals surface area contributed by atoms with Crippen molar-refractivity contribution in [3.63, 3.8) is 0 Å². The third-order valence-corrected chi connectivity index (χ3v) is 2.91. The fourth-order valence-corrected chi connectivity index (χ4v) is 1.99. The van der Waals surface area contributed by atoms with Crippen LogP contribution in [0.4, 0.5) is 10.1 Å². The van der Waals surface area contributed by atoms with Crippen molar-refractivity contribution < 1.29 is 14.2 Å². The maximum absolute atomic E-state index is 14.1. The molecule has 0 fully saturated rings. The molecule has 0 aliphatic carbocycles. The molecule has 1 aromatic rings. The molecule has 0 bridgehead atoms. The van der Waals surface area contributed by atoms with Gasteiger partial charge in [-0.05, 0) is 26.8 Å². The molecule has 0 aromatic heterocycles. The van der Waals surface area contributed by atoms with Gasteiger partial charge in [-0.2, -0.15) is 0 Å². The number of benzene rings is 1. The van der Waals surface area contributed by atoms with Crippen molar-refractivity contribution in [1.82, 2.24) is 0 Å². The largest absolute Gasteiger partial charge is 0.389 e. The van der Waals surface area contributed by atoms with E-state index in [0.29, 0.717) is 24.4 Å². The van der Waals surface area contributed by atoms with Gasteiger partial charge >= 0.3 is 0 Å².